The molecule has 1 aromatic heterocycles. The van der Waals surface area contributed by atoms with Crippen LogP contribution in [0.15, 0.2) is 47.5 Å². The van der Waals surface area contributed by atoms with Crippen LogP contribution in [0.3, 0.4) is 0 Å². The second-order valence-corrected chi connectivity index (χ2v) is 11.8. The Morgan fingerprint density at radius 2 is 1.80 bits per heavy atom. The molecule has 216 valence electrons. The summed E-state index contributed by atoms with van der Waals surface area (Å²) in [4.78, 5) is 9.37. The summed E-state index contributed by atoms with van der Waals surface area (Å²) in [7, 11) is 0. The van der Waals surface area contributed by atoms with Crippen LogP contribution in [0, 0.1) is 6.92 Å². The Morgan fingerprint density at radius 1 is 1.07 bits per heavy atom. The van der Waals surface area contributed by atoms with E-state index in [1.54, 1.807) is 12.1 Å². The first-order chi connectivity index (χ1) is 19.1. The molecule has 8 nitrogen and oxygen atoms in total. The van der Waals surface area contributed by atoms with Crippen LogP contribution in [0.4, 0.5) is 31.9 Å². The number of thioether (sulfide) groups is 1. The van der Waals surface area contributed by atoms with Gasteiger partial charge in [0.15, 0.2) is 5.75 Å². The molecule has 0 radical (unpaired) electrons. The molecule has 40 heavy (non-hydrogen) atoms. The van der Waals surface area contributed by atoms with Crippen molar-refractivity contribution in [2.45, 2.75) is 76.2 Å². The Morgan fingerprint density at radius 3 is 2.48 bits per heavy atom. The van der Waals surface area contributed by atoms with Crippen molar-refractivity contribution in [3.05, 3.63) is 53.7 Å². The van der Waals surface area contributed by atoms with Crippen LogP contribution in [-0.4, -0.2) is 46.2 Å². The molecule has 0 saturated carbocycles. The Labute approximate surface area is 238 Å². The number of benzene rings is 2. The van der Waals surface area contributed by atoms with Gasteiger partial charge in [-0.2, -0.15) is 13.8 Å². The third kappa shape index (κ3) is 7.52. The molecular formula is C29H37F2N5O3S. The predicted octanol–water partition coefficient (Wildman–Crippen LogP) is 7.41. The highest BCUT2D eigenvalue weighted by Crippen LogP contribution is 2.40. The lowest BCUT2D eigenvalue weighted by molar-refractivity contribution is -0.0502. The first kappa shape index (κ1) is 29.8. The van der Waals surface area contributed by atoms with Crippen LogP contribution in [0.5, 0.6) is 11.5 Å². The maximum Gasteiger partial charge on any atom is 0.387 e. The summed E-state index contributed by atoms with van der Waals surface area (Å²) in [6, 6.07) is 11.2. The summed E-state index contributed by atoms with van der Waals surface area (Å²) < 4.78 is 37.3. The molecule has 3 aromatic rings. The lowest BCUT2D eigenvalue weighted by atomic mass is 9.87. The predicted molar refractivity (Wildman–Crippen MR) is 155 cm³/mol. The summed E-state index contributed by atoms with van der Waals surface area (Å²) in [5.74, 6) is 0.594. The number of alkyl halides is 2. The summed E-state index contributed by atoms with van der Waals surface area (Å²) >= 11 is 1.53. The number of halogens is 2. The maximum absolute atomic E-state index is 13.3. The lowest BCUT2D eigenvalue weighted by Crippen LogP contribution is -2.27. The van der Waals surface area contributed by atoms with Gasteiger partial charge in [0.1, 0.15) is 5.75 Å². The van der Waals surface area contributed by atoms with Gasteiger partial charge in [0, 0.05) is 10.1 Å². The molecule has 2 heterocycles. The lowest BCUT2D eigenvalue weighted by Gasteiger charge is -2.26. The van der Waals surface area contributed by atoms with Gasteiger partial charge in [-0.15, -0.1) is 11.8 Å². The zero-order valence-corrected chi connectivity index (χ0v) is 24.3. The van der Waals surface area contributed by atoms with Crippen molar-refractivity contribution in [2.75, 3.05) is 23.5 Å². The van der Waals surface area contributed by atoms with Crippen LogP contribution in [-0.2, 0) is 0 Å². The molecule has 0 aliphatic carbocycles. The van der Waals surface area contributed by atoms with Gasteiger partial charge in [-0.3, -0.25) is 5.21 Å². The van der Waals surface area contributed by atoms with Gasteiger partial charge in [-0.25, -0.2) is 10.0 Å². The minimum Gasteiger partial charge on any atom is -0.489 e. The summed E-state index contributed by atoms with van der Waals surface area (Å²) in [5, 5.41) is 18.8. The number of nitrogens with zero attached hydrogens (tertiary/aromatic N) is 3. The monoisotopic (exact) mass is 573 g/mol. The zero-order chi connectivity index (χ0) is 28.8. The Bertz CT molecular complexity index is 1290. The third-order valence-electron chi connectivity index (χ3n) is 6.37. The molecule has 1 fully saturated rings. The molecule has 2 aromatic carbocycles. The second kappa shape index (κ2) is 13.5. The topological polar surface area (TPSA) is 91.8 Å². The highest BCUT2D eigenvalue weighted by Gasteiger charge is 2.24. The van der Waals surface area contributed by atoms with E-state index in [1.807, 2.05) is 45.9 Å². The fourth-order valence-corrected chi connectivity index (χ4v) is 5.64. The first-order valence-corrected chi connectivity index (χ1v) is 14.4. The van der Waals surface area contributed by atoms with Crippen LogP contribution in [0.25, 0.3) is 0 Å². The molecule has 1 aliphatic heterocycles. The van der Waals surface area contributed by atoms with Crippen LogP contribution in [0.1, 0.15) is 57.6 Å². The van der Waals surface area contributed by atoms with Gasteiger partial charge in [0.25, 0.3) is 0 Å². The maximum atomic E-state index is 13.3. The molecule has 11 heteroatoms. The quantitative estimate of drug-likeness (QED) is 0.160. The molecule has 0 atom stereocenters. The zero-order valence-electron chi connectivity index (χ0n) is 23.4. The van der Waals surface area contributed by atoms with E-state index in [-0.39, 0.29) is 28.9 Å². The second-order valence-electron chi connectivity index (χ2n) is 10.2. The van der Waals surface area contributed by atoms with Crippen molar-refractivity contribution in [2.24, 2.45) is 0 Å². The minimum absolute atomic E-state index is 0.0784. The van der Waals surface area contributed by atoms with E-state index in [0.29, 0.717) is 23.0 Å². The van der Waals surface area contributed by atoms with E-state index in [0.717, 1.165) is 47.7 Å². The molecule has 0 unspecified atom stereocenters. The Hall–Kier alpha value is -3.15. The molecule has 1 saturated heterocycles. The van der Waals surface area contributed by atoms with Crippen molar-refractivity contribution < 1.29 is 23.5 Å². The molecule has 1 aliphatic rings. The number of aromatic nitrogens is 2. The number of hydrogen-bond donors (Lipinski definition) is 3. The average Bonchev–Trinajstić information content (AvgIpc) is 2.90. The highest BCUT2D eigenvalue weighted by molar-refractivity contribution is 8.00. The van der Waals surface area contributed by atoms with Crippen molar-refractivity contribution in [1.82, 2.24) is 15.3 Å². The third-order valence-corrected chi connectivity index (χ3v) is 7.44. The van der Waals surface area contributed by atoms with Gasteiger partial charge in [0.2, 0.25) is 11.8 Å². The molecule has 0 bridgehead atoms. The SMILES string of the molecule is Cc1cc(Nc2ncc(OC(F)F)c(N(O)c3ccccc3SC(C)C)n2)c(OC(C)C)cc1C1CCNCC1. The van der Waals surface area contributed by atoms with Gasteiger partial charge in [-0.05, 0) is 88.0 Å². The average molecular weight is 574 g/mol. The normalized spacial score (nSPS) is 14.2. The van der Waals surface area contributed by atoms with Crippen LogP contribution < -0.4 is 25.2 Å². The van der Waals surface area contributed by atoms with Crippen molar-refractivity contribution in [3.63, 3.8) is 0 Å². The number of piperidine rings is 1. The van der Waals surface area contributed by atoms with Gasteiger partial charge >= 0.3 is 6.61 Å². The van der Waals surface area contributed by atoms with Crippen molar-refractivity contribution >= 4 is 34.9 Å². The van der Waals surface area contributed by atoms with Crippen LogP contribution >= 0.6 is 11.8 Å². The smallest absolute Gasteiger partial charge is 0.387 e. The number of anilines is 4. The molecule has 3 N–H and O–H groups in total. The number of hydrogen-bond acceptors (Lipinski definition) is 9. The van der Waals surface area contributed by atoms with E-state index in [4.69, 9.17) is 4.74 Å². The summed E-state index contributed by atoms with van der Waals surface area (Å²) in [6.45, 7) is 8.85. The summed E-state index contributed by atoms with van der Waals surface area (Å²) in [6.07, 6.45) is 3.15. The van der Waals surface area contributed by atoms with Crippen molar-refractivity contribution in [1.29, 1.82) is 0 Å². The number of ether oxygens (including phenoxy) is 2. The molecule has 4 rings (SSSR count). The van der Waals surface area contributed by atoms with E-state index < -0.39 is 6.61 Å². The Balaban J connectivity index is 1.72. The number of nitrogens with one attached hydrogen (secondary N) is 2. The number of rotatable bonds is 11. The van der Waals surface area contributed by atoms with Gasteiger partial charge in [0.05, 0.1) is 23.7 Å². The molecule has 0 spiro atoms. The summed E-state index contributed by atoms with van der Waals surface area (Å²) in [5.41, 5.74) is 3.37. The van der Waals surface area contributed by atoms with Gasteiger partial charge < -0.3 is 20.1 Å². The Kier molecular flexibility index (Phi) is 10.0. The van der Waals surface area contributed by atoms with Gasteiger partial charge in [-0.1, -0.05) is 26.0 Å². The van der Waals surface area contributed by atoms with E-state index in [9.17, 15) is 14.0 Å². The molecule has 0 amide bonds. The van der Waals surface area contributed by atoms with Crippen molar-refractivity contribution in [3.8, 4) is 11.5 Å². The largest absolute Gasteiger partial charge is 0.489 e. The first-order valence-electron chi connectivity index (χ1n) is 13.5. The number of aryl methyl sites for hydroxylation is 1. The minimum atomic E-state index is -3.12. The highest BCUT2D eigenvalue weighted by atomic mass is 32.2. The molecular weight excluding hydrogens is 536 g/mol. The van der Waals surface area contributed by atoms with Crippen LogP contribution in [0.2, 0.25) is 0 Å². The van der Waals surface area contributed by atoms with E-state index >= 15 is 0 Å². The standard InChI is InChI=1S/C29H37F2N5O3S/c1-17(2)38-24-15-21(20-10-12-32-13-11-20)19(5)14-22(24)34-29-33-16-25(39-28(30)31)27(35-29)36(37)23-8-6-7-9-26(23)40-18(3)4/h6-9,14-18,20,28,32,37H,10-13H2,1-5H3,(H,33,34,35). The fourth-order valence-electron chi connectivity index (χ4n) is 4.70. The van der Waals surface area contributed by atoms with E-state index in [2.05, 4.69) is 38.3 Å². The number of para-hydroxylation sites is 1. The van der Waals surface area contributed by atoms with E-state index in [1.165, 1.54) is 17.3 Å². The fraction of sp³-hybridized carbons (Fsp3) is 0.448.